The van der Waals surface area contributed by atoms with Crippen molar-refractivity contribution in [3.05, 3.63) is 161 Å². The van der Waals surface area contributed by atoms with E-state index in [1.165, 1.54) is 20.1 Å². The first kappa shape index (κ1) is 59.0. The molecular formula is C58H71N9O10S2Si. The topological polar surface area (TPSA) is 225 Å². The largest absolute Gasteiger partial charge is 0.497 e. The van der Waals surface area contributed by atoms with Gasteiger partial charge in [-0.3, -0.25) is 14.5 Å². The molecule has 1 atom stereocenters. The number of aromatic nitrogens is 4. The predicted molar refractivity (Wildman–Crippen MR) is 308 cm³/mol. The van der Waals surface area contributed by atoms with E-state index in [1.807, 2.05) is 69.1 Å². The molecule has 0 aliphatic carbocycles. The number of sulfonamides is 2. The standard InChI is InChI=1S/C58H71N9O10S2Si/c1-57(2,3)76-56(70)59-36-46(77-80(8,9)58(4,5)6)37-60-78(71,72)50-29-28-49(64-33-30-41(31-34-64)32-35-66-54(68)47-22-16-17-23-48(47)55(66)69)51(53-61-63-67(62-53)40-44-24-26-45(75-7)27-25-44)52(50)79(73,74)65(38-42-18-12-10-13-19-42)39-43-20-14-11-15-21-43/h10-29,32,46,60H,30-31,33-40H2,1-9H3,(H,59,70)/t46-/m1/s1. The highest BCUT2D eigenvalue weighted by Gasteiger charge is 2.42. The van der Waals surface area contributed by atoms with Crippen LogP contribution in [0.5, 0.6) is 5.75 Å². The third kappa shape index (κ3) is 14.1. The summed E-state index contributed by atoms with van der Waals surface area (Å²) in [7, 11) is -10.8. The third-order valence-corrected chi connectivity index (χ3v) is 22.4. The summed E-state index contributed by atoms with van der Waals surface area (Å²) in [6, 6.07) is 35.0. The van der Waals surface area contributed by atoms with Gasteiger partial charge in [0.05, 0.1) is 36.4 Å². The van der Waals surface area contributed by atoms with Crippen LogP contribution in [0.1, 0.15) is 91.8 Å². The Morgan fingerprint density at radius 3 is 1.89 bits per heavy atom. The number of hydrogen-bond donors (Lipinski definition) is 2. The molecule has 80 heavy (non-hydrogen) atoms. The van der Waals surface area contributed by atoms with Gasteiger partial charge < -0.3 is 24.1 Å². The number of nitrogens with one attached hydrogen (secondary N) is 2. The summed E-state index contributed by atoms with van der Waals surface area (Å²) >= 11 is 0. The van der Waals surface area contributed by atoms with Crippen LogP contribution in [0.2, 0.25) is 18.1 Å². The highest BCUT2D eigenvalue weighted by molar-refractivity contribution is 7.92. The second kappa shape index (κ2) is 24.3. The Kier molecular flexibility index (Phi) is 18.0. The van der Waals surface area contributed by atoms with Gasteiger partial charge in [0.2, 0.25) is 25.9 Å². The maximum Gasteiger partial charge on any atom is 0.407 e. The van der Waals surface area contributed by atoms with Gasteiger partial charge in [-0.25, -0.2) is 26.4 Å². The van der Waals surface area contributed by atoms with Crippen molar-refractivity contribution in [3.8, 4) is 17.1 Å². The number of piperidine rings is 1. The Bertz CT molecular complexity index is 3370. The summed E-state index contributed by atoms with van der Waals surface area (Å²) in [6.07, 6.45) is 1.18. The normalized spacial score (nSPS) is 14.8. The second-order valence-electron chi connectivity index (χ2n) is 22.4. The molecule has 0 unspecified atom stereocenters. The van der Waals surface area contributed by atoms with E-state index in [1.54, 1.807) is 119 Å². The van der Waals surface area contributed by atoms with Gasteiger partial charge in [0.15, 0.2) is 8.32 Å². The summed E-state index contributed by atoms with van der Waals surface area (Å²) in [5.41, 5.74) is 3.23. The van der Waals surface area contributed by atoms with Crippen molar-refractivity contribution in [3.63, 3.8) is 0 Å². The zero-order chi connectivity index (χ0) is 57.6. The Morgan fingerprint density at radius 1 is 0.762 bits per heavy atom. The minimum absolute atomic E-state index is 0.0770. The lowest BCUT2D eigenvalue weighted by atomic mass is 10.0. The van der Waals surface area contributed by atoms with E-state index in [0.29, 0.717) is 59.6 Å². The van der Waals surface area contributed by atoms with Crippen molar-refractivity contribution in [1.82, 2.24) is 39.5 Å². The predicted octanol–water partition coefficient (Wildman–Crippen LogP) is 8.80. The summed E-state index contributed by atoms with van der Waals surface area (Å²) in [5, 5.41) is 16.2. The molecule has 2 aliphatic heterocycles. The average molecular weight is 1150 g/mol. The quantitative estimate of drug-likeness (QED) is 0.0390. The zero-order valence-electron chi connectivity index (χ0n) is 46.8. The monoisotopic (exact) mass is 1150 g/mol. The van der Waals surface area contributed by atoms with E-state index in [9.17, 15) is 14.4 Å². The van der Waals surface area contributed by atoms with Crippen LogP contribution >= 0.6 is 0 Å². The molecule has 1 fully saturated rings. The molecule has 0 spiro atoms. The molecule has 2 aliphatic rings. The van der Waals surface area contributed by atoms with E-state index in [4.69, 9.17) is 19.0 Å². The van der Waals surface area contributed by atoms with Crippen LogP contribution in [-0.2, 0) is 48.8 Å². The molecule has 0 bridgehead atoms. The maximum absolute atomic E-state index is 16.3. The fraction of sp³-hybridized carbons (Fsp3) is 0.379. The number of anilines is 1. The molecule has 3 heterocycles. The van der Waals surface area contributed by atoms with Crippen molar-refractivity contribution in [1.29, 1.82) is 0 Å². The molecule has 1 saturated heterocycles. The molecular weight excluding hydrogens is 1070 g/mol. The Hall–Kier alpha value is -7.08. The number of hydrogen-bond acceptors (Lipinski definition) is 14. The lowest BCUT2D eigenvalue weighted by molar-refractivity contribution is 0.0497. The number of rotatable bonds is 21. The smallest absolute Gasteiger partial charge is 0.407 e. The van der Waals surface area contributed by atoms with Gasteiger partial charge in [-0.2, -0.15) is 9.10 Å². The fourth-order valence-corrected chi connectivity index (χ4v) is 14.0. The van der Waals surface area contributed by atoms with Crippen molar-refractivity contribution in [2.75, 3.05) is 44.7 Å². The zero-order valence-corrected chi connectivity index (χ0v) is 49.4. The van der Waals surface area contributed by atoms with Crippen molar-refractivity contribution in [2.45, 2.75) is 114 Å². The van der Waals surface area contributed by atoms with Crippen molar-refractivity contribution in [2.24, 2.45) is 0 Å². The Balaban J connectivity index is 1.25. The first-order valence-corrected chi connectivity index (χ1v) is 32.4. The van der Waals surface area contributed by atoms with Crippen LogP contribution in [0.3, 0.4) is 0 Å². The molecule has 5 aromatic carbocycles. The number of carbonyl (C=O) groups excluding carboxylic acids is 3. The maximum atomic E-state index is 16.3. The third-order valence-electron chi connectivity index (χ3n) is 14.4. The fourth-order valence-electron chi connectivity index (χ4n) is 9.14. The van der Waals surface area contributed by atoms with Gasteiger partial charge in [0.1, 0.15) is 21.1 Å². The van der Waals surface area contributed by atoms with E-state index in [0.717, 1.165) is 11.1 Å². The van der Waals surface area contributed by atoms with Gasteiger partial charge in [0.25, 0.3) is 11.8 Å². The first-order valence-electron chi connectivity index (χ1n) is 26.5. The number of fused-ring (bicyclic) bond motifs is 1. The summed E-state index contributed by atoms with van der Waals surface area (Å²) in [6.45, 7) is 15.4. The Labute approximate surface area is 470 Å². The minimum atomic E-state index is -4.92. The average Bonchev–Trinajstić information content (AvgIpc) is 4.03. The number of imide groups is 1. The molecule has 6 aromatic rings. The highest BCUT2D eigenvalue weighted by atomic mass is 32.2. The van der Waals surface area contributed by atoms with Gasteiger partial charge in [0, 0.05) is 51.5 Å². The molecule has 0 saturated carbocycles. The van der Waals surface area contributed by atoms with E-state index in [2.05, 4.69) is 20.4 Å². The van der Waals surface area contributed by atoms with E-state index >= 15 is 16.8 Å². The SMILES string of the molecule is COc1ccc(Cn2nnc(-c3c(N4CCC(=CCN5C(=O)c6ccccc6C5=O)CC4)ccc(S(=O)(=O)NC[C@@H](CNC(=O)OC(C)(C)C)O[Si](C)(C)C(C)(C)C)c3S(=O)(=O)N(Cc3ccccc3)Cc3ccccc3)n2)cc1. The summed E-state index contributed by atoms with van der Waals surface area (Å²) in [5.74, 6) is -0.223. The minimum Gasteiger partial charge on any atom is -0.497 e. The number of carbonyl (C=O) groups is 3. The van der Waals surface area contributed by atoms with Crippen LogP contribution in [0, 0.1) is 0 Å². The van der Waals surface area contributed by atoms with E-state index < -0.39 is 56.0 Å². The number of ether oxygens (including phenoxy) is 2. The molecule has 8 rings (SSSR count). The first-order chi connectivity index (χ1) is 37.8. The Morgan fingerprint density at radius 2 is 1.34 bits per heavy atom. The van der Waals surface area contributed by atoms with Gasteiger partial charge in [-0.05, 0) is 110 Å². The number of amides is 3. The molecule has 424 valence electrons. The summed E-state index contributed by atoms with van der Waals surface area (Å²) in [4.78, 5) is 42.9. The van der Waals surface area contributed by atoms with Crippen molar-refractivity contribution >= 4 is 52.0 Å². The number of methoxy groups -OCH3 is 1. The van der Waals surface area contributed by atoms with Crippen molar-refractivity contribution < 1.29 is 45.1 Å². The second-order valence-corrected chi connectivity index (χ2v) is 30.7. The summed E-state index contributed by atoms with van der Waals surface area (Å²) < 4.78 is 85.1. The molecule has 3 amide bonds. The van der Waals surface area contributed by atoms with Gasteiger partial charge in [-0.1, -0.05) is 117 Å². The molecule has 22 heteroatoms. The van der Waals surface area contributed by atoms with Gasteiger partial charge >= 0.3 is 6.09 Å². The highest BCUT2D eigenvalue weighted by Crippen LogP contribution is 2.43. The van der Waals surface area contributed by atoms with Crippen LogP contribution in [0.4, 0.5) is 10.5 Å². The number of nitrogens with zero attached hydrogens (tertiary/aromatic N) is 7. The number of benzene rings is 5. The van der Waals surface area contributed by atoms with Crippen LogP contribution in [0.25, 0.3) is 11.4 Å². The molecule has 2 N–H and O–H groups in total. The van der Waals surface area contributed by atoms with Crippen LogP contribution in [0.15, 0.2) is 143 Å². The molecule has 0 radical (unpaired) electrons. The number of alkyl carbamates (subject to hydrolysis) is 1. The van der Waals surface area contributed by atoms with Crippen LogP contribution in [-0.4, -0.2) is 124 Å². The van der Waals surface area contributed by atoms with Crippen LogP contribution < -0.4 is 19.7 Å². The molecule has 1 aromatic heterocycles. The van der Waals surface area contributed by atoms with Gasteiger partial charge in [-0.15, -0.1) is 10.2 Å². The molecule has 19 nitrogen and oxygen atoms in total. The number of tetrazole rings is 1. The lowest BCUT2D eigenvalue weighted by Gasteiger charge is -2.39. The lowest BCUT2D eigenvalue weighted by Crippen LogP contribution is -2.51. The van der Waals surface area contributed by atoms with E-state index in [-0.39, 0.29) is 67.5 Å².